The summed E-state index contributed by atoms with van der Waals surface area (Å²) in [6.07, 6.45) is 1.71. The minimum absolute atomic E-state index is 0.590. The lowest BCUT2D eigenvalue weighted by Gasteiger charge is -2.09. The molecule has 0 radical (unpaired) electrons. The van der Waals surface area contributed by atoms with Crippen molar-refractivity contribution < 1.29 is 4.74 Å². The summed E-state index contributed by atoms with van der Waals surface area (Å²) in [5.41, 5.74) is 8.50. The second kappa shape index (κ2) is 5.32. The zero-order chi connectivity index (χ0) is 12.1. The number of benzene rings is 1. The molecule has 1 heterocycles. The summed E-state index contributed by atoms with van der Waals surface area (Å²) in [5.74, 6) is 0.669. The number of anilines is 3. The average Bonchev–Trinajstić information content (AvgIpc) is 2.33. The highest BCUT2D eigenvalue weighted by molar-refractivity contribution is 5.68. The molecule has 0 bridgehead atoms. The molecule has 2 aromatic rings. The van der Waals surface area contributed by atoms with Crippen LogP contribution in [-0.2, 0) is 11.3 Å². The number of aromatic nitrogens is 1. The van der Waals surface area contributed by atoms with E-state index in [1.807, 2.05) is 36.4 Å². The van der Waals surface area contributed by atoms with Crippen LogP contribution in [0.15, 0.2) is 42.6 Å². The van der Waals surface area contributed by atoms with Gasteiger partial charge in [0.2, 0.25) is 0 Å². The van der Waals surface area contributed by atoms with Crippen LogP contribution in [-0.4, -0.2) is 12.1 Å². The molecule has 17 heavy (non-hydrogen) atoms. The fraction of sp³-hybridized carbons (Fsp3) is 0.154. The van der Waals surface area contributed by atoms with E-state index in [9.17, 15) is 0 Å². The maximum absolute atomic E-state index is 5.82. The summed E-state index contributed by atoms with van der Waals surface area (Å²) >= 11 is 0. The van der Waals surface area contributed by atoms with Gasteiger partial charge in [0, 0.05) is 19.0 Å². The molecule has 4 heteroatoms. The van der Waals surface area contributed by atoms with Crippen LogP contribution in [0.4, 0.5) is 17.2 Å². The second-order valence-electron chi connectivity index (χ2n) is 3.70. The molecule has 0 unspecified atom stereocenters. The maximum Gasteiger partial charge on any atom is 0.153 e. The SMILES string of the molecule is COCc1cccc(Nc2ncccc2N)c1. The van der Waals surface area contributed by atoms with Crippen molar-refractivity contribution in [2.45, 2.75) is 6.61 Å². The first kappa shape index (κ1) is 11.4. The molecule has 2 rings (SSSR count). The molecule has 0 aliphatic rings. The molecule has 0 atom stereocenters. The third-order valence-corrected chi connectivity index (χ3v) is 2.34. The molecule has 0 spiro atoms. The van der Waals surface area contributed by atoms with Crippen molar-refractivity contribution in [3.63, 3.8) is 0 Å². The molecule has 0 saturated carbocycles. The molecule has 0 saturated heterocycles. The molecular formula is C13H15N3O. The number of nitrogens with one attached hydrogen (secondary N) is 1. The summed E-state index contributed by atoms with van der Waals surface area (Å²) < 4.78 is 5.09. The molecule has 4 nitrogen and oxygen atoms in total. The van der Waals surface area contributed by atoms with Gasteiger partial charge >= 0.3 is 0 Å². The number of pyridine rings is 1. The number of ether oxygens (including phenoxy) is 1. The Labute approximate surface area is 100 Å². The molecule has 0 aliphatic heterocycles. The number of nitrogen functional groups attached to an aromatic ring is 1. The third-order valence-electron chi connectivity index (χ3n) is 2.34. The Kier molecular flexibility index (Phi) is 3.57. The predicted molar refractivity (Wildman–Crippen MR) is 69.1 cm³/mol. The van der Waals surface area contributed by atoms with E-state index < -0.39 is 0 Å². The summed E-state index contributed by atoms with van der Waals surface area (Å²) in [5, 5.41) is 3.18. The average molecular weight is 229 g/mol. The van der Waals surface area contributed by atoms with E-state index in [4.69, 9.17) is 10.5 Å². The van der Waals surface area contributed by atoms with Gasteiger partial charge in [-0.1, -0.05) is 12.1 Å². The maximum atomic E-state index is 5.82. The van der Waals surface area contributed by atoms with Crippen molar-refractivity contribution in [3.8, 4) is 0 Å². The van der Waals surface area contributed by atoms with Crippen molar-refractivity contribution in [1.82, 2.24) is 4.98 Å². The predicted octanol–water partition coefficient (Wildman–Crippen LogP) is 2.55. The zero-order valence-corrected chi connectivity index (χ0v) is 9.68. The number of nitrogens with zero attached hydrogens (tertiary/aromatic N) is 1. The Bertz CT molecular complexity index is 500. The zero-order valence-electron chi connectivity index (χ0n) is 9.68. The first-order valence-electron chi connectivity index (χ1n) is 5.35. The molecular weight excluding hydrogens is 214 g/mol. The highest BCUT2D eigenvalue weighted by Crippen LogP contribution is 2.20. The van der Waals surface area contributed by atoms with Crippen LogP contribution in [0, 0.1) is 0 Å². The van der Waals surface area contributed by atoms with E-state index in [0.29, 0.717) is 18.1 Å². The summed E-state index contributed by atoms with van der Waals surface area (Å²) in [6, 6.07) is 11.6. The van der Waals surface area contributed by atoms with Gasteiger partial charge in [0.1, 0.15) is 0 Å². The van der Waals surface area contributed by atoms with Crippen LogP contribution >= 0.6 is 0 Å². The Hall–Kier alpha value is -2.07. The van der Waals surface area contributed by atoms with E-state index in [0.717, 1.165) is 11.3 Å². The van der Waals surface area contributed by atoms with Gasteiger partial charge in [0.25, 0.3) is 0 Å². The number of hydrogen-bond donors (Lipinski definition) is 2. The lowest BCUT2D eigenvalue weighted by molar-refractivity contribution is 0.185. The molecule has 88 valence electrons. The summed E-state index contributed by atoms with van der Waals surface area (Å²) in [7, 11) is 1.68. The van der Waals surface area contributed by atoms with Gasteiger partial charge in [-0.25, -0.2) is 4.98 Å². The number of methoxy groups -OCH3 is 1. The first-order chi connectivity index (χ1) is 8.29. The van der Waals surface area contributed by atoms with E-state index in [2.05, 4.69) is 10.3 Å². The van der Waals surface area contributed by atoms with Crippen molar-refractivity contribution >= 4 is 17.2 Å². The molecule has 0 amide bonds. The Balaban J connectivity index is 2.18. The number of nitrogens with two attached hydrogens (primary N) is 1. The Morgan fingerprint density at radius 3 is 2.94 bits per heavy atom. The molecule has 1 aromatic carbocycles. The monoisotopic (exact) mass is 229 g/mol. The lowest BCUT2D eigenvalue weighted by atomic mass is 10.2. The lowest BCUT2D eigenvalue weighted by Crippen LogP contribution is -1.99. The van der Waals surface area contributed by atoms with Gasteiger partial charge in [-0.2, -0.15) is 0 Å². The molecule has 1 aromatic heterocycles. The fourth-order valence-corrected chi connectivity index (χ4v) is 1.56. The third kappa shape index (κ3) is 2.95. The van der Waals surface area contributed by atoms with E-state index in [1.54, 1.807) is 13.3 Å². The van der Waals surface area contributed by atoms with Gasteiger partial charge < -0.3 is 15.8 Å². The van der Waals surface area contributed by atoms with Gasteiger partial charge in [-0.05, 0) is 29.8 Å². The first-order valence-corrected chi connectivity index (χ1v) is 5.35. The smallest absolute Gasteiger partial charge is 0.153 e. The Morgan fingerprint density at radius 1 is 1.29 bits per heavy atom. The van der Waals surface area contributed by atoms with Crippen molar-refractivity contribution in [2.24, 2.45) is 0 Å². The van der Waals surface area contributed by atoms with Gasteiger partial charge in [0.05, 0.1) is 12.3 Å². The van der Waals surface area contributed by atoms with Gasteiger partial charge in [-0.3, -0.25) is 0 Å². The van der Waals surface area contributed by atoms with E-state index in [1.165, 1.54) is 0 Å². The van der Waals surface area contributed by atoms with Crippen LogP contribution in [0.25, 0.3) is 0 Å². The minimum atomic E-state index is 0.590. The minimum Gasteiger partial charge on any atom is -0.396 e. The molecule has 3 N–H and O–H groups in total. The normalized spacial score (nSPS) is 10.2. The Morgan fingerprint density at radius 2 is 2.18 bits per heavy atom. The fourth-order valence-electron chi connectivity index (χ4n) is 1.56. The molecule has 0 fully saturated rings. The highest BCUT2D eigenvalue weighted by atomic mass is 16.5. The van der Waals surface area contributed by atoms with Crippen molar-refractivity contribution in [1.29, 1.82) is 0 Å². The van der Waals surface area contributed by atoms with Gasteiger partial charge in [-0.15, -0.1) is 0 Å². The summed E-state index contributed by atoms with van der Waals surface area (Å²) in [6.45, 7) is 0.590. The van der Waals surface area contributed by atoms with E-state index >= 15 is 0 Å². The van der Waals surface area contributed by atoms with Crippen LogP contribution in [0.1, 0.15) is 5.56 Å². The second-order valence-corrected chi connectivity index (χ2v) is 3.70. The summed E-state index contributed by atoms with van der Waals surface area (Å²) in [4.78, 5) is 4.18. The standard InChI is InChI=1S/C13H15N3O/c1-17-9-10-4-2-5-11(8-10)16-13-12(14)6-3-7-15-13/h2-8H,9,14H2,1H3,(H,15,16). The molecule has 0 aliphatic carbocycles. The van der Waals surface area contributed by atoms with Crippen LogP contribution < -0.4 is 11.1 Å². The van der Waals surface area contributed by atoms with Crippen molar-refractivity contribution in [3.05, 3.63) is 48.2 Å². The largest absolute Gasteiger partial charge is 0.396 e. The van der Waals surface area contributed by atoms with Gasteiger partial charge in [0.15, 0.2) is 5.82 Å². The topological polar surface area (TPSA) is 60.2 Å². The highest BCUT2D eigenvalue weighted by Gasteiger charge is 2.00. The van der Waals surface area contributed by atoms with Crippen LogP contribution in [0.3, 0.4) is 0 Å². The van der Waals surface area contributed by atoms with Crippen LogP contribution in [0.2, 0.25) is 0 Å². The number of hydrogen-bond acceptors (Lipinski definition) is 4. The quantitative estimate of drug-likeness (QED) is 0.845. The van der Waals surface area contributed by atoms with Crippen molar-refractivity contribution in [2.75, 3.05) is 18.2 Å². The van der Waals surface area contributed by atoms with E-state index in [-0.39, 0.29) is 0 Å². The van der Waals surface area contributed by atoms with Crippen LogP contribution in [0.5, 0.6) is 0 Å². The number of rotatable bonds is 4.